The molecule has 0 aromatic heterocycles. The summed E-state index contributed by atoms with van der Waals surface area (Å²) in [5, 5.41) is 9.56. The zero-order valence-electron chi connectivity index (χ0n) is 6.05. The molecular formula is C7H14O2. The highest BCUT2D eigenvalue weighted by molar-refractivity contribution is 4.81. The molecule has 0 aromatic rings. The number of rotatable bonds is 0. The van der Waals surface area contributed by atoms with Crippen molar-refractivity contribution in [1.82, 2.24) is 0 Å². The molecule has 2 nitrogen and oxygen atoms in total. The van der Waals surface area contributed by atoms with Gasteiger partial charge in [-0.05, 0) is 13.3 Å². The Hall–Kier alpha value is -0.0800. The summed E-state index contributed by atoms with van der Waals surface area (Å²) in [6.07, 6.45) is 0.772. The van der Waals surface area contributed by atoms with Crippen molar-refractivity contribution < 1.29 is 9.84 Å². The van der Waals surface area contributed by atoms with Crippen LogP contribution in [-0.2, 0) is 4.74 Å². The fourth-order valence-corrected chi connectivity index (χ4v) is 0.965. The van der Waals surface area contributed by atoms with Crippen molar-refractivity contribution >= 4 is 0 Å². The summed E-state index contributed by atoms with van der Waals surface area (Å²) in [4.78, 5) is 0. The molecule has 1 fully saturated rings. The van der Waals surface area contributed by atoms with E-state index in [4.69, 9.17) is 4.74 Å². The summed E-state index contributed by atoms with van der Waals surface area (Å²) in [5.74, 6) is 0.284. The molecule has 1 N–H and O–H groups in total. The van der Waals surface area contributed by atoms with Gasteiger partial charge in [-0.1, -0.05) is 6.92 Å². The SMILES string of the molecule is C[C@H]1COCC[C@@]1(C)O. The van der Waals surface area contributed by atoms with Crippen LogP contribution in [0.1, 0.15) is 20.3 Å². The molecule has 2 atom stereocenters. The van der Waals surface area contributed by atoms with Crippen LogP contribution < -0.4 is 0 Å². The number of hydrogen-bond acceptors (Lipinski definition) is 2. The van der Waals surface area contributed by atoms with E-state index in [1.807, 2.05) is 13.8 Å². The van der Waals surface area contributed by atoms with Crippen LogP contribution >= 0.6 is 0 Å². The smallest absolute Gasteiger partial charge is 0.0689 e. The van der Waals surface area contributed by atoms with Gasteiger partial charge in [-0.25, -0.2) is 0 Å². The average molecular weight is 130 g/mol. The third-order valence-corrected chi connectivity index (χ3v) is 2.18. The molecule has 2 heteroatoms. The topological polar surface area (TPSA) is 29.5 Å². The number of ether oxygens (including phenoxy) is 1. The molecule has 0 bridgehead atoms. The van der Waals surface area contributed by atoms with E-state index < -0.39 is 5.60 Å². The molecule has 1 aliphatic heterocycles. The van der Waals surface area contributed by atoms with Gasteiger partial charge in [0.25, 0.3) is 0 Å². The van der Waals surface area contributed by atoms with Gasteiger partial charge in [0.15, 0.2) is 0 Å². The summed E-state index contributed by atoms with van der Waals surface area (Å²) < 4.78 is 5.16. The largest absolute Gasteiger partial charge is 0.390 e. The highest BCUT2D eigenvalue weighted by Gasteiger charge is 2.31. The van der Waals surface area contributed by atoms with Gasteiger partial charge in [-0.3, -0.25) is 0 Å². The van der Waals surface area contributed by atoms with Crippen molar-refractivity contribution in [3.8, 4) is 0 Å². The normalized spacial score (nSPS) is 45.0. The van der Waals surface area contributed by atoms with E-state index in [1.54, 1.807) is 0 Å². The van der Waals surface area contributed by atoms with Crippen LogP contribution in [0.2, 0.25) is 0 Å². The predicted molar refractivity (Wildman–Crippen MR) is 35.2 cm³/mol. The molecule has 1 aliphatic rings. The Morgan fingerprint density at radius 1 is 1.67 bits per heavy atom. The van der Waals surface area contributed by atoms with Crippen LogP contribution in [0.3, 0.4) is 0 Å². The first-order valence-electron chi connectivity index (χ1n) is 3.43. The summed E-state index contributed by atoms with van der Waals surface area (Å²) in [5.41, 5.74) is -0.488. The monoisotopic (exact) mass is 130 g/mol. The fraction of sp³-hybridized carbons (Fsp3) is 1.00. The van der Waals surface area contributed by atoms with Crippen molar-refractivity contribution in [2.45, 2.75) is 25.9 Å². The van der Waals surface area contributed by atoms with Gasteiger partial charge >= 0.3 is 0 Å². The van der Waals surface area contributed by atoms with Gasteiger partial charge in [0.1, 0.15) is 0 Å². The van der Waals surface area contributed by atoms with Gasteiger partial charge in [0.2, 0.25) is 0 Å². The van der Waals surface area contributed by atoms with Crippen molar-refractivity contribution in [2.75, 3.05) is 13.2 Å². The molecule has 0 saturated carbocycles. The van der Waals surface area contributed by atoms with Crippen LogP contribution in [0.15, 0.2) is 0 Å². The predicted octanol–water partition coefficient (Wildman–Crippen LogP) is 0.794. The van der Waals surface area contributed by atoms with Gasteiger partial charge in [-0.2, -0.15) is 0 Å². The minimum Gasteiger partial charge on any atom is -0.390 e. The molecule has 0 aromatic carbocycles. The van der Waals surface area contributed by atoms with E-state index in [0.717, 1.165) is 6.42 Å². The molecule has 0 radical (unpaired) electrons. The molecule has 0 unspecified atom stereocenters. The maximum absolute atomic E-state index is 9.56. The van der Waals surface area contributed by atoms with E-state index >= 15 is 0 Å². The summed E-state index contributed by atoms with van der Waals surface area (Å²) in [6, 6.07) is 0. The van der Waals surface area contributed by atoms with Crippen molar-refractivity contribution in [2.24, 2.45) is 5.92 Å². The maximum Gasteiger partial charge on any atom is 0.0689 e. The minimum atomic E-state index is -0.488. The minimum absolute atomic E-state index is 0.284. The van der Waals surface area contributed by atoms with Gasteiger partial charge < -0.3 is 9.84 Å². The Morgan fingerprint density at radius 2 is 2.33 bits per heavy atom. The molecule has 9 heavy (non-hydrogen) atoms. The third kappa shape index (κ3) is 1.43. The first kappa shape index (κ1) is 7.03. The molecule has 0 aliphatic carbocycles. The molecule has 1 rings (SSSR count). The van der Waals surface area contributed by atoms with Crippen LogP contribution in [0.4, 0.5) is 0 Å². The number of aliphatic hydroxyl groups is 1. The van der Waals surface area contributed by atoms with Crippen molar-refractivity contribution in [1.29, 1.82) is 0 Å². The molecule has 0 spiro atoms. The van der Waals surface area contributed by atoms with Gasteiger partial charge in [-0.15, -0.1) is 0 Å². The van der Waals surface area contributed by atoms with Crippen LogP contribution in [0.25, 0.3) is 0 Å². The Morgan fingerprint density at radius 3 is 2.67 bits per heavy atom. The maximum atomic E-state index is 9.56. The van der Waals surface area contributed by atoms with Crippen molar-refractivity contribution in [3.63, 3.8) is 0 Å². The first-order chi connectivity index (χ1) is 4.13. The van der Waals surface area contributed by atoms with Crippen LogP contribution in [0, 0.1) is 5.92 Å². The van der Waals surface area contributed by atoms with E-state index in [9.17, 15) is 5.11 Å². The lowest BCUT2D eigenvalue weighted by Crippen LogP contribution is -2.40. The first-order valence-corrected chi connectivity index (χ1v) is 3.43. The van der Waals surface area contributed by atoms with Crippen LogP contribution in [0.5, 0.6) is 0 Å². The zero-order valence-corrected chi connectivity index (χ0v) is 6.05. The summed E-state index contributed by atoms with van der Waals surface area (Å²) in [6.45, 7) is 5.30. The molecule has 54 valence electrons. The third-order valence-electron chi connectivity index (χ3n) is 2.18. The van der Waals surface area contributed by atoms with Crippen molar-refractivity contribution in [3.05, 3.63) is 0 Å². The summed E-state index contributed by atoms with van der Waals surface area (Å²) in [7, 11) is 0. The van der Waals surface area contributed by atoms with E-state index in [-0.39, 0.29) is 5.92 Å². The lowest BCUT2D eigenvalue weighted by atomic mass is 9.87. The second kappa shape index (κ2) is 2.27. The second-order valence-corrected chi connectivity index (χ2v) is 3.08. The highest BCUT2D eigenvalue weighted by atomic mass is 16.5. The fourth-order valence-electron chi connectivity index (χ4n) is 0.965. The lowest BCUT2D eigenvalue weighted by Gasteiger charge is -2.34. The lowest BCUT2D eigenvalue weighted by molar-refractivity contribution is -0.0938. The van der Waals surface area contributed by atoms with E-state index in [2.05, 4.69) is 0 Å². The van der Waals surface area contributed by atoms with E-state index in [0.29, 0.717) is 13.2 Å². The Balaban J connectivity index is 2.49. The quantitative estimate of drug-likeness (QED) is 0.525. The number of hydrogen-bond donors (Lipinski definition) is 1. The Bertz CT molecular complexity index is 99.1. The summed E-state index contributed by atoms with van der Waals surface area (Å²) >= 11 is 0. The zero-order chi connectivity index (χ0) is 6.91. The van der Waals surface area contributed by atoms with Crippen LogP contribution in [-0.4, -0.2) is 23.9 Å². The standard InChI is InChI=1S/C7H14O2/c1-6-5-9-4-3-7(6,2)8/h6,8H,3-5H2,1-2H3/t6-,7+/m0/s1. The highest BCUT2D eigenvalue weighted by Crippen LogP contribution is 2.24. The average Bonchev–Trinajstić information content (AvgIpc) is 1.77. The Labute approximate surface area is 55.8 Å². The second-order valence-electron chi connectivity index (χ2n) is 3.08. The van der Waals surface area contributed by atoms with Gasteiger partial charge in [0.05, 0.1) is 12.2 Å². The van der Waals surface area contributed by atoms with E-state index in [1.165, 1.54) is 0 Å². The van der Waals surface area contributed by atoms with Gasteiger partial charge in [0, 0.05) is 12.5 Å². The molecular weight excluding hydrogens is 116 g/mol. The molecule has 1 heterocycles. The molecule has 1 saturated heterocycles. The molecule has 0 amide bonds. The Kier molecular flexibility index (Phi) is 1.78.